The average Bonchev–Trinajstić information content (AvgIpc) is 2.55. The molecule has 0 fully saturated rings. The van der Waals surface area contributed by atoms with Crippen molar-refractivity contribution in [2.24, 2.45) is 0 Å². The van der Waals surface area contributed by atoms with Crippen LogP contribution in [0, 0.1) is 0 Å². The average molecular weight is 393 g/mol. The van der Waals surface area contributed by atoms with Gasteiger partial charge in [-0.05, 0) is 52.3 Å². The summed E-state index contributed by atoms with van der Waals surface area (Å²) in [6, 6.07) is 24.1. The summed E-state index contributed by atoms with van der Waals surface area (Å²) in [6.45, 7) is 0. The van der Waals surface area contributed by atoms with Gasteiger partial charge in [-0.1, -0.05) is 59.6 Å². The van der Waals surface area contributed by atoms with E-state index in [1.807, 2.05) is 48.5 Å². The smallest absolute Gasteiger partial charge is 0.0735 e. The van der Waals surface area contributed by atoms with Gasteiger partial charge in [0.2, 0.25) is 0 Å². The Morgan fingerprint density at radius 1 is 0.682 bits per heavy atom. The Morgan fingerprint density at radius 3 is 1.64 bits per heavy atom. The van der Waals surface area contributed by atoms with Crippen LogP contribution < -0.4 is 4.90 Å². The van der Waals surface area contributed by atoms with Crippen molar-refractivity contribution in [1.29, 1.82) is 0 Å². The molecule has 0 spiro atoms. The first-order valence-electron chi connectivity index (χ1n) is 6.71. The first-order valence-corrected chi connectivity index (χ1v) is 8.26. The fourth-order valence-corrected chi connectivity index (χ4v) is 3.16. The van der Waals surface area contributed by atoms with Crippen LogP contribution in [0.2, 0.25) is 10.0 Å². The summed E-state index contributed by atoms with van der Waals surface area (Å²) in [7, 11) is 0. The van der Waals surface area contributed by atoms with Gasteiger partial charge in [0, 0.05) is 21.5 Å². The minimum absolute atomic E-state index is 0.517. The molecule has 0 aromatic heterocycles. The lowest BCUT2D eigenvalue weighted by atomic mass is 10.2. The quantitative estimate of drug-likeness (QED) is 0.425. The van der Waals surface area contributed by atoms with E-state index in [0.29, 0.717) is 10.0 Å². The highest BCUT2D eigenvalue weighted by Gasteiger charge is 2.15. The molecule has 0 atom stereocenters. The summed E-state index contributed by atoms with van der Waals surface area (Å²) >= 11 is 15.9. The number of hydrogen-bond acceptors (Lipinski definition) is 1. The fourth-order valence-electron chi connectivity index (χ4n) is 2.27. The van der Waals surface area contributed by atoms with Crippen molar-refractivity contribution in [1.82, 2.24) is 0 Å². The van der Waals surface area contributed by atoms with Crippen LogP contribution >= 0.6 is 39.1 Å². The highest BCUT2D eigenvalue weighted by Crippen LogP contribution is 2.40. The van der Waals surface area contributed by atoms with Gasteiger partial charge in [-0.25, -0.2) is 0 Å². The topological polar surface area (TPSA) is 3.24 Å². The van der Waals surface area contributed by atoms with E-state index in [-0.39, 0.29) is 0 Å². The van der Waals surface area contributed by atoms with Gasteiger partial charge in [0.05, 0.1) is 10.0 Å². The van der Waals surface area contributed by atoms with Crippen molar-refractivity contribution >= 4 is 56.2 Å². The first kappa shape index (κ1) is 15.4. The Hall–Kier alpha value is -1.48. The second kappa shape index (κ2) is 6.74. The van der Waals surface area contributed by atoms with E-state index in [0.717, 1.165) is 21.5 Å². The second-order valence-corrected chi connectivity index (χ2v) is 6.37. The van der Waals surface area contributed by atoms with Crippen molar-refractivity contribution in [3.05, 3.63) is 87.3 Å². The lowest BCUT2D eigenvalue weighted by Crippen LogP contribution is -2.09. The Kier molecular flexibility index (Phi) is 4.72. The number of hydrogen-bond donors (Lipinski definition) is 0. The van der Waals surface area contributed by atoms with Crippen LogP contribution in [0.25, 0.3) is 0 Å². The van der Waals surface area contributed by atoms with Crippen molar-refractivity contribution < 1.29 is 0 Å². The maximum Gasteiger partial charge on any atom is 0.0735 e. The van der Waals surface area contributed by atoms with E-state index in [2.05, 4.69) is 45.1 Å². The zero-order chi connectivity index (χ0) is 15.5. The lowest BCUT2D eigenvalue weighted by Gasteiger charge is -2.26. The zero-order valence-electron chi connectivity index (χ0n) is 11.5. The minimum Gasteiger partial charge on any atom is -0.310 e. The van der Waals surface area contributed by atoms with Gasteiger partial charge in [-0.3, -0.25) is 0 Å². The summed E-state index contributed by atoms with van der Waals surface area (Å²) in [4.78, 5) is 2.13. The molecule has 0 aliphatic heterocycles. The molecule has 3 rings (SSSR count). The van der Waals surface area contributed by atoms with Crippen LogP contribution in [0.4, 0.5) is 17.1 Å². The largest absolute Gasteiger partial charge is 0.310 e. The van der Waals surface area contributed by atoms with Crippen LogP contribution in [0.15, 0.2) is 77.3 Å². The number of benzene rings is 3. The number of halogens is 3. The maximum atomic E-state index is 6.25. The summed E-state index contributed by atoms with van der Waals surface area (Å²) < 4.78 is 0.772. The third kappa shape index (κ3) is 3.14. The number of anilines is 3. The molecule has 0 amide bonds. The zero-order valence-corrected chi connectivity index (χ0v) is 14.6. The minimum atomic E-state index is 0.517. The third-order valence-electron chi connectivity index (χ3n) is 3.26. The Morgan fingerprint density at radius 2 is 1.18 bits per heavy atom. The molecule has 0 aliphatic rings. The molecule has 0 radical (unpaired) electrons. The molecule has 1 nitrogen and oxygen atoms in total. The molecule has 0 saturated heterocycles. The van der Waals surface area contributed by atoms with Crippen LogP contribution in [0.3, 0.4) is 0 Å². The standard InChI is InChI=1S/C18H12BrCl2N/c19-16-11-15(12-17(20)18(16)21)22(13-7-3-1-4-8-13)14-9-5-2-6-10-14/h1-12H. The normalized spacial score (nSPS) is 10.5. The van der Waals surface area contributed by atoms with E-state index in [4.69, 9.17) is 23.2 Å². The van der Waals surface area contributed by atoms with E-state index < -0.39 is 0 Å². The molecule has 0 bridgehead atoms. The van der Waals surface area contributed by atoms with Gasteiger partial charge in [0.1, 0.15) is 0 Å². The van der Waals surface area contributed by atoms with Gasteiger partial charge in [-0.15, -0.1) is 0 Å². The number of nitrogens with zero attached hydrogens (tertiary/aromatic N) is 1. The molecule has 3 aromatic rings. The SMILES string of the molecule is Clc1cc(N(c2ccccc2)c2ccccc2)cc(Br)c1Cl. The molecule has 0 N–H and O–H groups in total. The molecule has 0 unspecified atom stereocenters. The molecular weight excluding hydrogens is 381 g/mol. The molecule has 0 heterocycles. The molecule has 0 saturated carbocycles. The monoisotopic (exact) mass is 391 g/mol. The predicted octanol–water partition coefficient (Wildman–Crippen LogP) is 7.23. The number of rotatable bonds is 3. The Labute approximate surface area is 148 Å². The van der Waals surface area contributed by atoms with Gasteiger partial charge in [0.15, 0.2) is 0 Å². The summed E-state index contributed by atoms with van der Waals surface area (Å²) in [5.41, 5.74) is 3.05. The highest BCUT2D eigenvalue weighted by atomic mass is 79.9. The third-order valence-corrected chi connectivity index (χ3v) is 4.91. The van der Waals surface area contributed by atoms with Crippen LogP contribution in [0.5, 0.6) is 0 Å². The Bertz CT molecular complexity index is 713. The van der Waals surface area contributed by atoms with E-state index >= 15 is 0 Å². The van der Waals surface area contributed by atoms with Gasteiger partial charge >= 0.3 is 0 Å². The molecule has 3 aromatic carbocycles. The molecule has 110 valence electrons. The fraction of sp³-hybridized carbons (Fsp3) is 0. The van der Waals surface area contributed by atoms with Crippen LogP contribution in [0.1, 0.15) is 0 Å². The first-order chi connectivity index (χ1) is 10.7. The van der Waals surface area contributed by atoms with Gasteiger partial charge < -0.3 is 4.90 Å². The highest BCUT2D eigenvalue weighted by molar-refractivity contribution is 9.10. The van der Waals surface area contributed by atoms with E-state index in [1.165, 1.54) is 0 Å². The molecule has 0 aliphatic carbocycles. The van der Waals surface area contributed by atoms with E-state index in [1.54, 1.807) is 0 Å². The second-order valence-electron chi connectivity index (χ2n) is 4.73. The molecular formula is C18H12BrCl2N. The van der Waals surface area contributed by atoms with Crippen molar-refractivity contribution in [3.63, 3.8) is 0 Å². The molecule has 4 heteroatoms. The predicted molar refractivity (Wildman–Crippen MR) is 98.8 cm³/mol. The van der Waals surface area contributed by atoms with Gasteiger partial charge in [-0.2, -0.15) is 0 Å². The number of para-hydroxylation sites is 2. The summed E-state index contributed by atoms with van der Waals surface area (Å²) in [5.74, 6) is 0. The van der Waals surface area contributed by atoms with Crippen LogP contribution in [-0.4, -0.2) is 0 Å². The summed E-state index contributed by atoms with van der Waals surface area (Å²) in [5, 5.41) is 1.04. The Balaban J connectivity index is 2.19. The summed E-state index contributed by atoms with van der Waals surface area (Å²) in [6.07, 6.45) is 0. The maximum absolute atomic E-state index is 6.25. The lowest BCUT2D eigenvalue weighted by molar-refractivity contribution is 1.28. The van der Waals surface area contributed by atoms with Gasteiger partial charge in [0.25, 0.3) is 0 Å². The van der Waals surface area contributed by atoms with Crippen molar-refractivity contribution in [2.45, 2.75) is 0 Å². The molecule has 22 heavy (non-hydrogen) atoms. The van der Waals surface area contributed by atoms with Crippen molar-refractivity contribution in [2.75, 3.05) is 4.90 Å². The van der Waals surface area contributed by atoms with Crippen molar-refractivity contribution in [3.8, 4) is 0 Å². The van der Waals surface area contributed by atoms with Crippen LogP contribution in [-0.2, 0) is 0 Å². The van der Waals surface area contributed by atoms with E-state index in [9.17, 15) is 0 Å².